The molecule has 0 spiro atoms. The number of halogens is 2. The van der Waals surface area contributed by atoms with Gasteiger partial charge in [0.25, 0.3) is 5.91 Å². The van der Waals surface area contributed by atoms with Gasteiger partial charge in [-0.3, -0.25) is 9.59 Å². The van der Waals surface area contributed by atoms with E-state index in [9.17, 15) is 9.59 Å². The number of aromatic nitrogens is 1. The Morgan fingerprint density at radius 1 is 1.16 bits per heavy atom. The number of carbonyl (C=O) groups is 2. The quantitative estimate of drug-likeness (QED) is 0.800. The maximum absolute atomic E-state index is 12.5. The Morgan fingerprint density at radius 3 is 2.20 bits per heavy atom. The van der Waals surface area contributed by atoms with Gasteiger partial charge in [0, 0.05) is 32.4 Å². The number of anilines is 1. The summed E-state index contributed by atoms with van der Waals surface area (Å²) in [7, 11) is 0. The van der Waals surface area contributed by atoms with Gasteiger partial charge in [-0.15, -0.1) is 24.8 Å². The molecule has 1 saturated heterocycles. The van der Waals surface area contributed by atoms with E-state index < -0.39 is 11.9 Å². The van der Waals surface area contributed by atoms with Crippen LogP contribution in [0.2, 0.25) is 0 Å². The minimum atomic E-state index is -0.523. The third-order valence-electron chi connectivity index (χ3n) is 4.14. The summed E-state index contributed by atoms with van der Waals surface area (Å²) in [5.74, 6) is 0.0434. The third kappa shape index (κ3) is 5.45. The molecule has 1 fully saturated rings. The number of hydrogen-bond donors (Lipinski definition) is 2. The SMILES string of the molecule is CC(C)(C)[C@H](N)C(=O)N1CCN(c2ncccc2C(N)=O)CC1.Cl.Cl. The van der Waals surface area contributed by atoms with Gasteiger partial charge >= 0.3 is 0 Å². The Balaban J connectivity index is 0.00000288. The number of nitrogens with zero attached hydrogens (tertiary/aromatic N) is 3. The van der Waals surface area contributed by atoms with E-state index in [1.807, 2.05) is 25.7 Å². The van der Waals surface area contributed by atoms with Gasteiger partial charge in [0.2, 0.25) is 5.91 Å². The van der Waals surface area contributed by atoms with Crippen molar-refractivity contribution in [3.05, 3.63) is 23.9 Å². The van der Waals surface area contributed by atoms with Crippen LogP contribution in [-0.4, -0.2) is 53.9 Å². The Hall–Kier alpha value is -1.57. The number of primary amides is 1. The Kier molecular flexibility index (Phi) is 8.64. The maximum atomic E-state index is 12.5. The van der Waals surface area contributed by atoms with Crippen molar-refractivity contribution in [1.29, 1.82) is 0 Å². The van der Waals surface area contributed by atoms with Crippen LogP contribution in [0.15, 0.2) is 18.3 Å². The summed E-state index contributed by atoms with van der Waals surface area (Å²) in [4.78, 5) is 32.0. The molecule has 0 unspecified atom stereocenters. The first kappa shape index (κ1) is 23.4. The fraction of sp³-hybridized carbons (Fsp3) is 0.562. The fourth-order valence-corrected chi connectivity index (χ4v) is 2.55. The van der Waals surface area contributed by atoms with E-state index in [-0.39, 0.29) is 36.1 Å². The molecule has 9 heteroatoms. The van der Waals surface area contributed by atoms with Crippen LogP contribution in [0, 0.1) is 5.41 Å². The molecule has 1 aliphatic rings. The van der Waals surface area contributed by atoms with Crippen LogP contribution in [0.1, 0.15) is 31.1 Å². The van der Waals surface area contributed by atoms with Gasteiger partial charge in [-0.2, -0.15) is 0 Å². The van der Waals surface area contributed by atoms with E-state index in [1.165, 1.54) is 0 Å². The normalized spacial score (nSPS) is 15.7. The van der Waals surface area contributed by atoms with Crippen LogP contribution < -0.4 is 16.4 Å². The highest BCUT2D eigenvalue weighted by Crippen LogP contribution is 2.22. The Labute approximate surface area is 160 Å². The lowest BCUT2D eigenvalue weighted by Gasteiger charge is -2.38. The summed E-state index contributed by atoms with van der Waals surface area (Å²) in [6.45, 7) is 8.17. The molecule has 2 amide bonds. The molecule has 7 nitrogen and oxygen atoms in total. The van der Waals surface area contributed by atoms with Crippen molar-refractivity contribution >= 4 is 42.4 Å². The standard InChI is InChI=1S/C16H25N5O2.2ClH/c1-16(2,3)12(17)15(23)21-9-7-20(8-10-21)14-11(13(18)22)5-4-6-19-14;;/h4-6,12H,7-10,17H2,1-3H3,(H2,18,22);2*1H/t12-;;/m1../s1. The predicted octanol–water partition coefficient (Wildman–Crippen LogP) is 1.05. The first-order valence-corrected chi connectivity index (χ1v) is 7.76. The maximum Gasteiger partial charge on any atom is 0.252 e. The van der Waals surface area contributed by atoms with E-state index in [2.05, 4.69) is 4.98 Å². The van der Waals surface area contributed by atoms with E-state index in [1.54, 1.807) is 23.2 Å². The average molecular weight is 392 g/mol. The fourth-order valence-electron chi connectivity index (χ4n) is 2.55. The zero-order valence-corrected chi connectivity index (χ0v) is 16.4. The lowest BCUT2D eigenvalue weighted by Crippen LogP contribution is -2.56. The minimum absolute atomic E-state index is 0. The van der Waals surface area contributed by atoms with Gasteiger partial charge in [0.1, 0.15) is 5.82 Å². The zero-order chi connectivity index (χ0) is 17.2. The van der Waals surface area contributed by atoms with Gasteiger partial charge in [0.05, 0.1) is 11.6 Å². The monoisotopic (exact) mass is 391 g/mol. The molecule has 1 aromatic rings. The molecule has 0 radical (unpaired) electrons. The van der Waals surface area contributed by atoms with Crippen LogP contribution >= 0.6 is 24.8 Å². The summed E-state index contributed by atoms with van der Waals surface area (Å²) < 4.78 is 0. The van der Waals surface area contributed by atoms with Crippen molar-refractivity contribution < 1.29 is 9.59 Å². The molecule has 0 bridgehead atoms. The smallest absolute Gasteiger partial charge is 0.252 e. The molecule has 0 aromatic carbocycles. The second-order valence-corrected chi connectivity index (χ2v) is 6.89. The Morgan fingerprint density at radius 2 is 1.72 bits per heavy atom. The highest BCUT2D eigenvalue weighted by Gasteiger charge is 2.33. The largest absolute Gasteiger partial charge is 0.365 e. The molecule has 1 aliphatic heterocycles. The number of amides is 2. The number of carbonyl (C=O) groups excluding carboxylic acids is 2. The molecule has 1 atom stereocenters. The van der Waals surface area contributed by atoms with Crippen molar-refractivity contribution in [2.24, 2.45) is 16.9 Å². The second kappa shape index (κ2) is 9.22. The first-order chi connectivity index (χ1) is 10.7. The van der Waals surface area contributed by atoms with Crippen LogP contribution in [0.5, 0.6) is 0 Å². The Bertz CT molecular complexity index is 598. The van der Waals surface area contributed by atoms with E-state index in [0.717, 1.165) is 0 Å². The van der Waals surface area contributed by atoms with Crippen LogP contribution in [0.25, 0.3) is 0 Å². The van der Waals surface area contributed by atoms with Crippen LogP contribution in [0.3, 0.4) is 0 Å². The molecule has 25 heavy (non-hydrogen) atoms. The highest BCUT2D eigenvalue weighted by atomic mass is 35.5. The summed E-state index contributed by atoms with van der Waals surface area (Å²) in [5.41, 5.74) is 11.6. The van der Waals surface area contributed by atoms with Crippen molar-refractivity contribution in [3.8, 4) is 0 Å². The lowest BCUT2D eigenvalue weighted by atomic mass is 9.86. The molecule has 1 aromatic heterocycles. The van der Waals surface area contributed by atoms with Gasteiger partial charge in [-0.1, -0.05) is 20.8 Å². The van der Waals surface area contributed by atoms with Gasteiger partial charge in [-0.05, 0) is 17.5 Å². The number of piperazine rings is 1. The third-order valence-corrected chi connectivity index (χ3v) is 4.14. The summed E-state index contributed by atoms with van der Waals surface area (Å²) >= 11 is 0. The zero-order valence-electron chi connectivity index (χ0n) is 14.8. The molecule has 142 valence electrons. The number of pyridine rings is 1. The highest BCUT2D eigenvalue weighted by molar-refractivity contribution is 5.97. The molecule has 0 aliphatic carbocycles. The first-order valence-electron chi connectivity index (χ1n) is 7.76. The van der Waals surface area contributed by atoms with Crippen molar-refractivity contribution in [2.75, 3.05) is 31.1 Å². The molecule has 2 heterocycles. The second-order valence-electron chi connectivity index (χ2n) is 6.89. The number of rotatable bonds is 3. The molecular formula is C16H27Cl2N5O2. The van der Waals surface area contributed by atoms with Crippen LogP contribution in [-0.2, 0) is 4.79 Å². The van der Waals surface area contributed by atoms with Crippen molar-refractivity contribution in [2.45, 2.75) is 26.8 Å². The van der Waals surface area contributed by atoms with E-state index in [0.29, 0.717) is 37.6 Å². The number of hydrogen-bond acceptors (Lipinski definition) is 5. The van der Waals surface area contributed by atoms with Crippen molar-refractivity contribution in [3.63, 3.8) is 0 Å². The van der Waals surface area contributed by atoms with Gasteiger partial charge in [-0.25, -0.2) is 4.98 Å². The average Bonchev–Trinajstić information content (AvgIpc) is 2.52. The summed E-state index contributed by atoms with van der Waals surface area (Å²) in [6.07, 6.45) is 1.63. The van der Waals surface area contributed by atoms with Crippen LogP contribution in [0.4, 0.5) is 5.82 Å². The molecule has 4 N–H and O–H groups in total. The van der Waals surface area contributed by atoms with E-state index >= 15 is 0 Å². The van der Waals surface area contributed by atoms with E-state index in [4.69, 9.17) is 11.5 Å². The predicted molar refractivity (Wildman–Crippen MR) is 103 cm³/mol. The molecule has 2 rings (SSSR count). The molecule has 0 saturated carbocycles. The van der Waals surface area contributed by atoms with Gasteiger partial charge < -0.3 is 21.3 Å². The van der Waals surface area contributed by atoms with Crippen molar-refractivity contribution in [1.82, 2.24) is 9.88 Å². The summed E-state index contributed by atoms with van der Waals surface area (Å²) in [6, 6.07) is 2.83. The number of nitrogens with two attached hydrogens (primary N) is 2. The topological polar surface area (TPSA) is 106 Å². The summed E-state index contributed by atoms with van der Waals surface area (Å²) in [5, 5.41) is 0. The lowest BCUT2D eigenvalue weighted by molar-refractivity contribution is -0.135. The minimum Gasteiger partial charge on any atom is -0.365 e. The van der Waals surface area contributed by atoms with Gasteiger partial charge in [0.15, 0.2) is 0 Å². The molecular weight excluding hydrogens is 365 g/mol.